The Hall–Kier alpha value is -3.31. The van der Waals surface area contributed by atoms with Crippen molar-refractivity contribution in [2.75, 3.05) is 25.2 Å². The number of nitrogen functional groups attached to an aromatic ring is 1. The summed E-state index contributed by atoms with van der Waals surface area (Å²) in [6, 6.07) is 0.933. The van der Waals surface area contributed by atoms with Crippen molar-refractivity contribution in [2.45, 2.75) is 17.8 Å². The fourth-order valence-corrected chi connectivity index (χ4v) is 4.65. The van der Waals surface area contributed by atoms with Gasteiger partial charge in [0.05, 0.1) is 18.2 Å². The summed E-state index contributed by atoms with van der Waals surface area (Å²) in [5, 5.41) is 25.5. The molecule has 0 spiro atoms. The van der Waals surface area contributed by atoms with Crippen molar-refractivity contribution in [2.24, 2.45) is 5.16 Å². The number of nitriles is 1. The van der Waals surface area contributed by atoms with Gasteiger partial charge in [0.1, 0.15) is 36.6 Å². The Morgan fingerprint density at radius 2 is 2.33 bits per heavy atom. The van der Waals surface area contributed by atoms with E-state index in [1.165, 1.54) is 24.3 Å². The van der Waals surface area contributed by atoms with E-state index in [2.05, 4.69) is 15.5 Å². The summed E-state index contributed by atoms with van der Waals surface area (Å²) in [5.74, 6) is -2.36. The van der Waals surface area contributed by atoms with E-state index in [1.54, 1.807) is 0 Å². The lowest BCUT2D eigenvalue weighted by molar-refractivity contribution is -0.150. The predicted molar refractivity (Wildman–Crippen MR) is 106 cm³/mol. The van der Waals surface area contributed by atoms with E-state index in [0.29, 0.717) is 0 Å². The molecule has 0 aromatic carbocycles. The second-order valence-electron chi connectivity index (χ2n) is 5.89. The van der Waals surface area contributed by atoms with Gasteiger partial charge in [-0.25, -0.2) is 9.78 Å². The first-order valence-electron chi connectivity index (χ1n) is 8.43. The quantitative estimate of drug-likeness (QED) is 0.205. The Kier molecular flexibility index (Phi) is 6.43. The van der Waals surface area contributed by atoms with E-state index in [0.717, 1.165) is 16.2 Å². The number of ether oxygens (including phenoxy) is 1. The van der Waals surface area contributed by atoms with Crippen LogP contribution in [0.3, 0.4) is 0 Å². The van der Waals surface area contributed by atoms with E-state index in [4.69, 9.17) is 20.6 Å². The van der Waals surface area contributed by atoms with Crippen molar-refractivity contribution in [1.29, 1.82) is 5.26 Å². The zero-order chi connectivity index (χ0) is 21.8. The summed E-state index contributed by atoms with van der Waals surface area (Å²) in [6.45, 7) is 0.0175. The summed E-state index contributed by atoms with van der Waals surface area (Å²) < 4.78 is 5.36. The number of aliphatic carboxylic acids is 1. The molecule has 1 aromatic heterocycles. The molecule has 2 aliphatic rings. The zero-order valence-corrected chi connectivity index (χ0v) is 17.2. The highest BCUT2D eigenvalue weighted by atomic mass is 32.2. The van der Waals surface area contributed by atoms with Crippen molar-refractivity contribution < 1.29 is 29.1 Å². The number of nitrogens with one attached hydrogen (secondary N) is 1. The molecule has 30 heavy (non-hydrogen) atoms. The van der Waals surface area contributed by atoms with Crippen molar-refractivity contribution in [3.63, 3.8) is 0 Å². The number of oxime groups is 1. The number of anilines is 1. The third kappa shape index (κ3) is 4.02. The van der Waals surface area contributed by atoms with E-state index < -0.39 is 29.2 Å². The van der Waals surface area contributed by atoms with Crippen LogP contribution < -0.4 is 11.1 Å². The molecule has 0 aliphatic carbocycles. The van der Waals surface area contributed by atoms with Gasteiger partial charge in [0.2, 0.25) is 0 Å². The largest absolute Gasteiger partial charge is 0.494 e. The number of carboxylic acids is 1. The number of nitrogens with two attached hydrogens (primary N) is 1. The molecule has 2 atom stereocenters. The second kappa shape index (κ2) is 9.01. The van der Waals surface area contributed by atoms with Crippen LogP contribution in [0.2, 0.25) is 0 Å². The zero-order valence-electron chi connectivity index (χ0n) is 15.5. The number of fused-ring (bicyclic) bond motifs is 1. The van der Waals surface area contributed by atoms with Crippen molar-refractivity contribution in [1.82, 2.24) is 15.2 Å². The fourth-order valence-electron chi connectivity index (χ4n) is 2.82. The van der Waals surface area contributed by atoms with Crippen LogP contribution in [0, 0.1) is 11.3 Å². The first-order valence-corrected chi connectivity index (χ1v) is 10.4. The molecule has 4 N–H and O–H groups in total. The minimum Gasteiger partial charge on any atom is -0.494 e. The maximum Gasteiger partial charge on any atom is 0.356 e. The lowest BCUT2D eigenvalue weighted by Gasteiger charge is -2.48. The third-order valence-corrected chi connectivity index (χ3v) is 6.00. The highest BCUT2D eigenvalue weighted by Crippen LogP contribution is 2.40. The van der Waals surface area contributed by atoms with Gasteiger partial charge >= 0.3 is 5.97 Å². The van der Waals surface area contributed by atoms with E-state index in [-0.39, 0.29) is 46.8 Å². The molecule has 12 nitrogen and oxygen atoms in total. The van der Waals surface area contributed by atoms with Gasteiger partial charge < -0.3 is 25.7 Å². The predicted octanol–water partition coefficient (Wildman–Crippen LogP) is -0.298. The Morgan fingerprint density at radius 3 is 2.93 bits per heavy atom. The molecule has 2 amide bonds. The number of carboxylic acid groups (broad SMARTS) is 1. The minimum atomic E-state index is -1.33. The van der Waals surface area contributed by atoms with E-state index in [1.807, 2.05) is 6.07 Å². The second-order valence-corrected chi connectivity index (χ2v) is 7.88. The summed E-state index contributed by atoms with van der Waals surface area (Å²) in [6.07, 6.45) is 0.0832. The first kappa shape index (κ1) is 21.4. The van der Waals surface area contributed by atoms with Crippen LogP contribution >= 0.6 is 23.1 Å². The third-order valence-electron chi connectivity index (χ3n) is 4.07. The molecule has 158 valence electrons. The summed E-state index contributed by atoms with van der Waals surface area (Å²) >= 11 is 2.35. The highest BCUT2D eigenvalue weighted by molar-refractivity contribution is 8.00. The maximum absolute atomic E-state index is 12.7. The molecular formula is C16H16N6O6S2. The van der Waals surface area contributed by atoms with Crippen molar-refractivity contribution in [3.05, 3.63) is 22.5 Å². The van der Waals surface area contributed by atoms with E-state index >= 15 is 0 Å². The topological polar surface area (TPSA) is 180 Å². The van der Waals surface area contributed by atoms with Crippen LogP contribution in [0.4, 0.5) is 5.13 Å². The lowest BCUT2D eigenvalue weighted by atomic mass is 10.0. The Balaban J connectivity index is 1.76. The summed E-state index contributed by atoms with van der Waals surface area (Å²) in [4.78, 5) is 46.7. The first-order chi connectivity index (χ1) is 14.4. The fraction of sp³-hybridized carbons (Fsp3) is 0.375. The van der Waals surface area contributed by atoms with Gasteiger partial charge in [0, 0.05) is 5.38 Å². The molecule has 1 aromatic rings. The Labute approximate surface area is 178 Å². The molecule has 1 fully saturated rings. The molecule has 3 rings (SSSR count). The Morgan fingerprint density at radius 1 is 1.57 bits per heavy atom. The molecule has 3 heterocycles. The number of rotatable bonds is 8. The normalized spacial score (nSPS) is 20.7. The number of hydrogen-bond donors (Lipinski definition) is 3. The smallest absolute Gasteiger partial charge is 0.356 e. The lowest BCUT2D eigenvalue weighted by Crippen LogP contribution is -2.71. The van der Waals surface area contributed by atoms with Crippen LogP contribution in [0.1, 0.15) is 12.1 Å². The Bertz CT molecular complexity index is 983. The number of carbonyl (C=O) groups is 3. The van der Waals surface area contributed by atoms with Gasteiger partial charge in [-0.2, -0.15) is 5.26 Å². The average Bonchev–Trinajstić information content (AvgIpc) is 3.15. The number of nitrogens with zero attached hydrogens (tertiary/aromatic N) is 4. The van der Waals surface area contributed by atoms with Crippen molar-refractivity contribution in [3.8, 4) is 6.07 Å². The number of aromatic nitrogens is 1. The number of β-lactam (4-membered cyclic amide) rings is 1. The molecule has 0 unspecified atom stereocenters. The molecule has 14 heteroatoms. The summed E-state index contributed by atoms with van der Waals surface area (Å²) in [7, 11) is 1.26. The van der Waals surface area contributed by atoms with Crippen LogP contribution in [0.25, 0.3) is 0 Å². The number of thiazole rings is 1. The molecule has 0 radical (unpaired) electrons. The number of hydrogen-bond acceptors (Lipinski definition) is 11. The molecule has 0 saturated carbocycles. The van der Waals surface area contributed by atoms with Crippen LogP contribution in [-0.4, -0.2) is 69.4 Å². The molecule has 0 bridgehead atoms. The van der Waals surface area contributed by atoms with Gasteiger partial charge in [0.25, 0.3) is 11.8 Å². The summed E-state index contributed by atoms with van der Waals surface area (Å²) in [5.41, 5.74) is 5.33. The number of thioether (sulfide) groups is 1. The van der Waals surface area contributed by atoms with Crippen LogP contribution in [0.15, 0.2) is 22.0 Å². The van der Waals surface area contributed by atoms with Crippen LogP contribution in [-0.2, 0) is 24.0 Å². The number of carbonyl (C=O) groups excluding carboxylic acids is 2. The van der Waals surface area contributed by atoms with Gasteiger partial charge in [0.15, 0.2) is 16.5 Å². The molecule has 2 aliphatic heterocycles. The highest BCUT2D eigenvalue weighted by Gasteiger charge is 2.55. The average molecular weight is 452 g/mol. The monoisotopic (exact) mass is 452 g/mol. The standard InChI is InChI=1S/C16H16N6O6S2/c1-27-21-9(7-5-30-16(18)19-7)12(23)20-10-13(24)22-11(15(25)26)8(6-29-14(10)22)28-4-2-3-17/h5,10,14H,2,4,6H2,1H3,(H2,18,19)(H,20,23)(H,25,26)/b21-9-/t10-,14+/m1/s1. The minimum absolute atomic E-state index is 0.0175. The van der Waals surface area contributed by atoms with Gasteiger partial charge in [-0.1, -0.05) is 5.16 Å². The van der Waals surface area contributed by atoms with E-state index in [9.17, 15) is 19.5 Å². The van der Waals surface area contributed by atoms with Gasteiger partial charge in [-0.05, 0) is 0 Å². The SMILES string of the molecule is CO/N=C(\C(=O)N[C@@H]1C(=O)N2C(C(=O)O)=C(OCCC#N)CS[C@@H]12)c1csc(N)n1. The van der Waals surface area contributed by atoms with Gasteiger partial charge in [-0.15, -0.1) is 23.1 Å². The van der Waals surface area contributed by atoms with Crippen LogP contribution in [0.5, 0.6) is 0 Å². The van der Waals surface area contributed by atoms with Crippen molar-refractivity contribution >= 4 is 51.7 Å². The molecule has 1 saturated heterocycles. The number of amides is 2. The maximum atomic E-state index is 12.7. The molecular weight excluding hydrogens is 436 g/mol. The van der Waals surface area contributed by atoms with Gasteiger partial charge in [-0.3, -0.25) is 14.5 Å².